The van der Waals surface area contributed by atoms with Gasteiger partial charge in [0.15, 0.2) is 0 Å². The molecule has 124 valence electrons. The molecule has 9 heteroatoms. The van der Waals surface area contributed by atoms with E-state index in [2.05, 4.69) is 14.1 Å². The van der Waals surface area contributed by atoms with Crippen LogP contribution in [-0.4, -0.2) is 42.6 Å². The van der Waals surface area contributed by atoms with Crippen LogP contribution in [0.15, 0.2) is 40.7 Å². The highest BCUT2D eigenvalue weighted by molar-refractivity contribution is 7.00. The fourth-order valence-corrected chi connectivity index (χ4v) is 3.48. The zero-order valence-corrected chi connectivity index (χ0v) is 13.3. The largest absolute Gasteiger partial charge is 0.478 e. The predicted molar refractivity (Wildman–Crippen MR) is 85.4 cm³/mol. The second-order valence-corrected chi connectivity index (χ2v) is 5.76. The Bertz CT molecular complexity index is 915. The number of nitrogens with zero attached hydrogens (tertiary/aromatic N) is 2. The van der Waals surface area contributed by atoms with E-state index < -0.39 is 24.5 Å². The van der Waals surface area contributed by atoms with Gasteiger partial charge < -0.3 is 20.6 Å². The number of dihydropyridines is 1. The second-order valence-electron chi connectivity index (χ2n) is 5.24. The molecule has 0 bridgehead atoms. The molecule has 4 N–H and O–H groups in total. The second kappa shape index (κ2) is 6.02. The van der Waals surface area contributed by atoms with Crippen molar-refractivity contribution >= 4 is 34.7 Å². The molecule has 1 atom stereocenters. The highest BCUT2D eigenvalue weighted by atomic mass is 32.1. The number of rotatable bonds is 4. The number of aliphatic hydroxyl groups excluding tert-OH is 1. The lowest BCUT2D eigenvalue weighted by Gasteiger charge is -2.29. The molecule has 0 saturated heterocycles. The molecule has 2 aromatic rings. The van der Waals surface area contributed by atoms with Gasteiger partial charge in [-0.1, -0.05) is 12.1 Å². The first-order chi connectivity index (χ1) is 11.5. The number of hydrogen-bond acceptors (Lipinski definition) is 7. The van der Waals surface area contributed by atoms with Crippen molar-refractivity contribution in [1.82, 2.24) is 14.1 Å². The van der Waals surface area contributed by atoms with Gasteiger partial charge in [0.05, 0.1) is 41.1 Å². The molecule has 1 aliphatic rings. The monoisotopic (exact) mass is 347 g/mol. The van der Waals surface area contributed by atoms with Crippen LogP contribution < -0.4 is 5.32 Å². The van der Waals surface area contributed by atoms with Crippen LogP contribution in [0.2, 0.25) is 0 Å². The predicted octanol–water partition coefficient (Wildman–Crippen LogP) is 1.07. The molecule has 24 heavy (non-hydrogen) atoms. The Balaban J connectivity index is 2.34. The molecule has 0 spiro atoms. The number of aromatic nitrogens is 2. The van der Waals surface area contributed by atoms with E-state index in [1.807, 2.05) is 0 Å². The molecular weight excluding hydrogens is 334 g/mol. The normalized spacial score (nSPS) is 18.0. The number of carboxylic acids is 2. The van der Waals surface area contributed by atoms with Gasteiger partial charge in [0.25, 0.3) is 0 Å². The van der Waals surface area contributed by atoms with Crippen molar-refractivity contribution in [3.8, 4) is 0 Å². The zero-order valence-electron chi connectivity index (χ0n) is 12.5. The third-order valence-electron chi connectivity index (χ3n) is 3.89. The summed E-state index contributed by atoms with van der Waals surface area (Å²) in [6.07, 6.45) is 0. The molecule has 0 radical (unpaired) electrons. The summed E-state index contributed by atoms with van der Waals surface area (Å²) in [5.41, 5.74) is 1.50. The van der Waals surface area contributed by atoms with Crippen molar-refractivity contribution in [3.05, 3.63) is 46.3 Å². The summed E-state index contributed by atoms with van der Waals surface area (Å²) in [6.45, 7) is 0.984. The first-order valence-corrected chi connectivity index (χ1v) is 7.68. The van der Waals surface area contributed by atoms with Gasteiger partial charge in [0, 0.05) is 5.70 Å². The minimum atomic E-state index is -1.30. The lowest BCUT2D eigenvalue weighted by molar-refractivity contribution is -0.133. The molecule has 2 heterocycles. The maximum Gasteiger partial charge on any atom is 0.334 e. The van der Waals surface area contributed by atoms with Gasteiger partial charge in [-0.15, -0.1) is 0 Å². The lowest BCUT2D eigenvalue weighted by atomic mass is 9.80. The summed E-state index contributed by atoms with van der Waals surface area (Å²) in [4.78, 5) is 23.6. The number of fused-ring (bicyclic) bond motifs is 1. The van der Waals surface area contributed by atoms with Crippen LogP contribution in [0, 0.1) is 0 Å². The van der Waals surface area contributed by atoms with Crippen LogP contribution in [0.5, 0.6) is 0 Å². The standard InChI is InChI=1S/C15H13N3O5S/c1-6-10(14(20)21)11(12(15(22)23)9(5-19)16-6)7-3-2-4-8-13(7)18-24-17-8/h2-4,11,16,19H,5H2,1H3,(H,20,21)(H,22,23). The number of aliphatic carboxylic acids is 2. The van der Waals surface area contributed by atoms with E-state index in [9.17, 15) is 24.9 Å². The number of benzene rings is 1. The maximum absolute atomic E-state index is 11.8. The van der Waals surface area contributed by atoms with Crippen LogP contribution >= 0.6 is 11.7 Å². The van der Waals surface area contributed by atoms with Gasteiger partial charge >= 0.3 is 11.9 Å². The third-order valence-corrected chi connectivity index (χ3v) is 4.43. The summed E-state index contributed by atoms with van der Waals surface area (Å²) < 4.78 is 8.28. The van der Waals surface area contributed by atoms with Crippen LogP contribution in [0.3, 0.4) is 0 Å². The molecule has 1 aliphatic heterocycles. The molecule has 8 nitrogen and oxygen atoms in total. The van der Waals surface area contributed by atoms with Crippen LogP contribution in [0.1, 0.15) is 18.4 Å². The number of nitrogens with one attached hydrogen (secondary N) is 1. The maximum atomic E-state index is 11.8. The van der Waals surface area contributed by atoms with Gasteiger partial charge in [-0.05, 0) is 18.6 Å². The van der Waals surface area contributed by atoms with Crippen molar-refractivity contribution in [2.75, 3.05) is 6.61 Å². The van der Waals surface area contributed by atoms with Crippen LogP contribution in [0.4, 0.5) is 0 Å². The number of hydrogen-bond donors (Lipinski definition) is 4. The zero-order chi connectivity index (χ0) is 17.4. The summed E-state index contributed by atoms with van der Waals surface area (Å²) in [5, 5.41) is 31.4. The Kier molecular flexibility index (Phi) is 4.04. The van der Waals surface area contributed by atoms with E-state index in [0.717, 1.165) is 11.7 Å². The van der Waals surface area contributed by atoms with Gasteiger partial charge in [-0.3, -0.25) is 0 Å². The molecule has 1 unspecified atom stereocenters. The van der Waals surface area contributed by atoms with E-state index >= 15 is 0 Å². The first-order valence-electron chi connectivity index (χ1n) is 6.95. The van der Waals surface area contributed by atoms with Crippen molar-refractivity contribution < 1.29 is 24.9 Å². The summed E-state index contributed by atoms with van der Waals surface area (Å²) in [6, 6.07) is 5.03. The average Bonchev–Trinajstić information content (AvgIpc) is 3.01. The smallest absolute Gasteiger partial charge is 0.334 e. The SMILES string of the molecule is CC1=C(C(=O)O)C(c2cccc3nsnc23)C(C(=O)O)=C(CO)N1. The van der Waals surface area contributed by atoms with Gasteiger partial charge in [-0.25, -0.2) is 9.59 Å². The van der Waals surface area contributed by atoms with E-state index in [-0.39, 0.29) is 22.5 Å². The summed E-state index contributed by atoms with van der Waals surface area (Å²) in [7, 11) is 0. The fraction of sp³-hybridized carbons (Fsp3) is 0.200. The van der Waals surface area contributed by atoms with Gasteiger partial charge in [0.1, 0.15) is 11.0 Å². The fourth-order valence-electron chi connectivity index (χ4n) is 2.93. The Hall–Kier alpha value is -2.78. The molecule has 3 rings (SSSR count). The van der Waals surface area contributed by atoms with Crippen molar-refractivity contribution in [3.63, 3.8) is 0 Å². The molecule has 0 fully saturated rings. The average molecular weight is 347 g/mol. The highest BCUT2D eigenvalue weighted by Crippen LogP contribution is 2.40. The quantitative estimate of drug-likeness (QED) is 0.645. The number of aliphatic hydroxyl groups is 1. The Labute approximate surface area is 140 Å². The number of carboxylic acid groups (broad SMARTS) is 2. The van der Waals surface area contributed by atoms with Crippen molar-refractivity contribution in [2.24, 2.45) is 0 Å². The minimum Gasteiger partial charge on any atom is -0.478 e. The van der Waals surface area contributed by atoms with Gasteiger partial charge in [-0.2, -0.15) is 8.75 Å². The van der Waals surface area contributed by atoms with E-state index in [1.54, 1.807) is 18.2 Å². The van der Waals surface area contributed by atoms with E-state index in [0.29, 0.717) is 16.6 Å². The molecule has 1 aromatic heterocycles. The van der Waals surface area contributed by atoms with E-state index in [1.165, 1.54) is 6.92 Å². The Morgan fingerprint density at radius 1 is 1.21 bits per heavy atom. The van der Waals surface area contributed by atoms with Crippen LogP contribution in [0.25, 0.3) is 11.0 Å². The Morgan fingerprint density at radius 3 is 2.54 bits per heavy atom. The van der Waals surface area contributed by atoms with Crippen molar-refractivity contribution in [1.29, 1.82) is 0 Å². The lowest BCUT2D eigenvalue weighted by Crippen LogP contribution is -2.33. The molecule has 0 amide bonds. The minimum absolute atomic E-state index is 0.0650. The molecule has 1 aromatic carbocycles. The molecule has 0 saturated carbocycles. The van der Waals surface area contributed by atoms with Crippen LogP contribution in [-0.2, 0) is 9.59 Å². The Morgan fingerprint density at radius 2 is 1.92 bits per heavy atom. The summed E-state index contributed by atoms with van der Waals surface area (Å²) >= 11 is 0.966. The van der Waals surface area contributed by atoms with E-state index in [4.69, 9.17) is 0 Å². The van der Waals surface area contributed by atoms with Crippen molar-refractivity contribution in [2.45, 2.75) is 12.8 Å². The third kappa shape index (κ3) is 2.43. The number of allylic oxidation sites excluding steroid dienone is 1. The highest BCUT2D eigenvalue weighted by Gasteiger charge is 2.38. The van der Waals surface area contributed by atoms with Gasteiger partial charge in [0.2, 0.25) is 0 Å². The topological polar surface area (TPSA) is 133 Å². The molecule has 0 aliphatic carbocycles. The number of carbonyl (C=O) groups is 2. The summed E-state index contributed by atoms with van der Waals surface area (Å²) in [5.74, 6) is -3.60. The molecular formula is C15H13N3O5S. The first kappa shape index (κ1) is 16.1.